The topological polar surface area (TPSA) is 76.1 Å². The molecule has 0 unspecified atom stereocenters. The Morgan fingerprint density at radius 3 is 1.49 bits per heavy atom. The summed E-state index contributed by atoms with van der Waals surface area (Å²) in [5.41, 5.74) is 4.56. The highest BCUT2D eigenvalue weighted by molar-refractivity contribution is 7.12. The first-order valence-corrected chi connectivity index (χ1v) is 18.2. The van der Waals surface area contributed by atoms with E-state index < -0.39 is 34.7 Å². The standard InChI is InChI=1S/C18H14F2N2OS.C18H16F2N2S.C4H8O.B/c1-10-17(21-11(2)24-10)12-6-8-13(9-7-12)22-18(23)16-14(19)4-3-5-15(16)20;1-11-18(22-12(2)23-11)13-6-8-14(9-7-13)21-10-15-16(19)4-3-5-17(15)20;1-2-4-5-3-1;/h3-9H,1-2H3,(H,22,23);3-9,21H,10H2,1-2H3;1-4H2;. The van der Waals surface area contributed by atoms with E-state index in [1.807, 2.05) is 64.1 Å². The second-order valence-corrected chi connectivity index (χ2v) is 14.7. The largest absolute Gasteiger partial charge is 0.381 e. The van der Waals surface area contributed by atoms with Crippen LogP contribution in [0.1, 0.15) is 48.5 Å². The molecule has 13 heteroatoms. The zero-order valence-electron chi connectivity index (χ0n) is 29.7. The summed E-state index contributed by atoms with van der Waals surface area (Å²) in [5, 5.41) is 7.56. The number of hydrogen-bond donors (Lipinski definition) is 2. The Bertz CT molecular complexity index is 2070. The van der Waals surface area contributed by atoms with E-state index in [0.717, 1.165) is 68.4 Å². The maximum Gasteiger partial charge on any atom is 0.261 e. The van der Waals surface area contributed by atoms with Gasteiger partial charge in [0.25, 0.3) is 5.91 Å². The van der Waals surface area contributed by atoms with Gasteiger partial charge >= 0.3 is 0 Å². The SMILES string of the molecule is C1CCOC1.Cc1nc(-c2ccc(NC(=O)c3c(F)cccc3F)cc2)c(C)s1.Cc1nc(-c2ccc(NCc3c(F)cccc3F)cc2)c(C)s1.[B]. The predicted octanol–water partition coefficient (Wildman–Crippen LogP) is 10.7. The van der Waals surface area contributed by atoms with Crippen LogP contribution in [0.2, 0.25) is 0 Å². The van der Waals surface area contributed by atoms with Gasteiger partial charge in [0.1, 0.15) is 28.8 Å². The molecule has 0 saturated carbocycles. The number of aromatic nitrogens is 2. The lowest BCUT2D eigenvalue weighted by Gasteiger charge is -2.09. The van der Waals surface area contributed by atoms with Crippen molar-refractivity contribution in [1.29, 1.82) is 0 Å². The first-order chi connectivity index (χ1) is 25.0. The number of ether oxygens (including phenoxy) is 1. The third kappa shape index (κ3) is 11.1. The molecule has 1 saturated heterocycles. The number of carbonyl (C=O) groups excluding carboxylic acids is 1. The lowest BCUT2D eigenvalue weighted by atomic mass is 10.1. The minimum atomic E-state index is -0.891. The van der Waals surface area contributed by atoms with Gasteiger partial charge in [-0.05, 0) is 89.1 Å². The molecule has 7 rings (SSSR count). The number of anilines is 2. The Labute approximate surface area is 316 Å². The molecule has 4 aromatic carbocycles. The van der Waals surface area contributed by atoms with Crippen molar-refractivity contribution in [1.82, 2.24) is 9.97 Å². The molecule has 3 radical (unpaired) electrons. The molecule has 0 aliphatic carbocycles. The number of hydrogen-bond acceptors (Lipinski definition) is 7. The van der Waals surface area contributed by atoms with E-state index in [0.29, 0.717) is 5.69 Å². The minimum Gasteiger partial charge on any atom is -0.381 e. The van der Waals surface area contributed by atoms with Crippen LogP contribution in [0.4, 0.5) is 28.9 Å². The fourth-order valence-corrected chi connectivity index (χ4v) is 7.04. The van der Waals surface area contributed by atoms with Crippen molar-refractivity contribution < 1.29 is 27.1 Å². The second kappa shape index (κ2) is 19.3. The fourth-order valence-electron chi connectivity index (χ4n) is 5.36. The smallest absolute Gasteiger partial charge is 0.261 e. The van der Waals surface area contributed by atoms with E-state index in [1.54, 1.807) is 34.8 Å². The first kappa shape index (κ1) is 40.9. The summed E-state index contributed by atoms with van der Waals surface area (Å²) in [5.74, 6) is -3.68. The van der Waals surface area contributed by atoms with Crippen molar-refractivity contribution in [3.05, 3.63) is 139 Å². The van der Waals surface area contributed by atoms with Crippen LogP contribution < -0.4 is 10.6 Å². The van der Waals surface area contributed by atoms with Crippen molar-refractivity contribution in [2.45, 2.75) is 47.1 Å². The van der Waals surface area contributed by atoms with Crippen LogP contribution in [0.15, 0.2) is 84.9 Å². The summed E-state index contributed by atoms with van der Waals surface area (Å²) in [4.78, 5) is 23.4. The van der Waals surface area contributed by atoms with E-state index in [2.05, 4.69) is 20.6 Å². The van der Waals surface area contributed by atoms with Gasteiger partial charge in [-0.15, -0.1) is 22.7 Å². The Morgan fingerprint density at radius 2 is 1.09 bits per heavy atom. The van der Waals surface area contributed by atoms with Crippen LogP contribution in [-0.4, -0.2) is 37.5 Å². The molecule has 6 aromatic rings. The maximum atomic E-state index is 13.6. The summed E-state index contributed by atoms with van der Waals surface area (Å²) >= 11 is 3.28. The van der Waals surface area contributed by atoms with Crippen LogP contribution in [-0.2, 0) is 11.3 Å². The first-order valence-electron chi connectivity index (χ1n) is 16.6. The lowest BCUT2D eigenvalue weighted by Crippen LogP contribution is -2.15. The molecule has 0 spiro atoms. The van der Waals surface area contributed by atoms with E-state index in [-0.39, 0.29) is 20.5 Å². The lowest BCUT2D eigenvalue weighted by molar-refractivity contribution is 0.101. The molecule has 1 amide bonds. The van der Waals surface area contributed by atoms with Crippen LogP contribution in [0, 0.1) is 51.0 Å². The average Bonchev–Trinajstić information content (AvgIpc) is 3.88. The molecule has 273 valence electrons. The highest BCUT2D eigenvalue weighted by atomic mass is 32.1. The van der Waals surface area contributed by atoms with Gasteiger partial charge in [0.05, 0.1) is 21.4 Å². The summed E-state index contributed by atoms with van der Waals surface area (Å²) in [6.07, 6.45) is 2.56. The van der Waals surface area contributed by atoms with Gasteiger partial charge in [0, 0.05) is 66.0 Å². The summed E-state index contributed by atoms with van der Waals surface area (Å²) in [7, 11) is 0. The van der Waals surface area contributed by atoms with Gasteiger partial charge in [-0.3, -0.25) is 4.79 Å². The van der Waals surface area contributed by atoms with Crippen LogP contribution >= 0.6 is 22.7 Å². The molecule has 2 aromatic heterocycles. The number of aryl methyl sites for hydroxylation is 4. The zero-order valence-corrected chi connectivity index (χ0v) is 31.4. The van der Waals surface area contributed by atoms with Crippen LogP contribution in [0.25, 0.3) is 22.5 Å². The number of thiazole rings is 2. The molecule has 0 atom stereocenters. The van der Waals surface area contributed by atoms with Gasteiger partial charge in [-0.25, -0.2) is 27.5 Å². The number of carbonyl (C=O) groups is 1. The summed E-state index contributed by atoms with van der Waals surface area (Å²) < 4.78 is 59.4. The van der Waals surface area contributed by atoms with Gasteiger partial charge in [0.2, 0.25) is 0 Å². The summed E-state index contributed by atoms with van der Waals surface area (Å²) in [6, 6.07) is 21.9. The number of amides is 1. The Kier molecular flexibility index (Phi) is 14.9. The van der Waals surface area contributed by atoms with E-state index in [4.69, 9.17) is 4.74 Å². The molecule has 2 N–H and O–H groups in total. The number of nitrogens with zero attached hydrogens (tertiary/aromatic N) is 2. The van der Waals surface area contributed by atoms with Crippen LogP contribution in [0.5, 0.6) is 0 Å². The van der Waals surface area contributed by atoms with Gasteiger partial charge in [-0.2, -0.15) is 0 Å². The summed E-state index contributed by atoms with van der Waals surface area (Å²) in [6.45, 7) is 10.1. The zero-order chi connectivity index (χ0) is 37.2. The van der Waals surface area contributed by atoms with Crippen molar-refractivity contribution in [3.8, 4) is 22.5 Å². The third-order valence-electron chi connectivity index (χ3n) is 7.93. The molecule has 0 bridgehead atoms. The van der Waals surface area contributed by atoms with Crippen LogP contribution in [0.3, 0.4) is 0 Å². The fraction of sp³-hybridized carbons (Fsp3) is 0.225. The highest BCUT2D eigenvalue weighted by Crippen LogP contribution is 2.29. The predicted molar refractivity (Wildman–Crippen MR) is 208 cm³/mol. The van der Waals surface area contributed by atoms with E-state index >= 15 is 0 Å². The molecular weight excluding hydrogens is 719 g/mol. The third-order valence-corrected chi connectivity index (χ3v) is 9.70. The van der Waals surface area contributed by atoms with Crippen molar-refractivity contribution >= 4 is 48.4 Å². The van der Waals surface area contributed by atoms with Gasteiger partial charge in [-0.1, -0.05) is 36.4 Å². The Morgan fingerprint density at radius 1 is 0.660 bits per heavy atom. The van der Waals surface area contributed by atoms with Crippen molar-refractivity contribution in [3.63, 3.8) is 0 Å². The quantitative estimate of drug-likeness (QED) is 0.125. The molecule has 1 fully saturated rings. The number of nitrogens with one attached hydrogen (secondary N) is 2. The average molecular weight is 758 g/mol. The number of rotatable bonds is 7. The number of halogens is 4. The molecule has 6 nitrogen and oxygen atoms in total. The Hall–Kier alpha value is -4.85. The molecule has 1 aliphatic rings. The molecular formula is C40H38BF4N4O2S2. The monoisotopic (exact) mass is 757 g/mol. The van der Waals surface area contributed by atoms with Gasteiger partial charge < -0.3 is 15.4 Å². The van der Waals surface area contributed by atoms with E-state index in [1.165, 1.54) is 42.0 Å². The second-order valence-electron chi connectivity index (χ2n) is 11.9. The maximum absolute atomic E-state index is 13.6. The van der Waals surface area contributed by atoms with Crippen molar-refractivity contribution in [2.75, 3.05) is 23.8 Å². The molecule has 1 aliphatic heterocycles. The van der Waals surface area contributed by atoms with E-state index in [9.17, 15) is 22.4 Å². The highest BCUT2D eigenvalue weighted by Gasteiger charge is 2.17. The molecule has 3 heterocycles. The number of benzene rings is 4. The molecule has 53 heavy (non-hydrogen) atoms. The normalized spacial score (nSPS) is 11.8. The minimum absolute atomic E-state index is 0. The van der Waals surface area contributed by atoms with Gasteiger partial charge in [0.15, 0.2) is 0 Å². The van der Waals surface area contributed by atoms with Crippen molar-refractivity contribution in [2.24, 2.45) is 0 Å². The Balaban J connectivity index is 0.000000205.